The minimum atomic E-state index is -0.611. The van der Waals surface area contributed by atoms with Crippen LogP contribution in [0.15, 0.2) is 273 Å². The van der Waals surface area contributed by atoms with Gasteiger partial charge >= 0.3 is 0 Å². The molecule has 0 fully saturated rings. The Morgan fingerprint density at radius 3 is 1.33 bits per heavy atom. The number of rotatable bonds is 8. The molecule has 0 aromatic heterocycles. The Morgan fingerprint density at radius 2 is 0.681 bits per heavy atom. The number of benzene rings is 11. The summed E-state index contributed by atoms with van der Waals surface area (Å²) in [6.07, 6.45) is 0. The van der Waals surface area contributed by atoms with E-state index in [-0.39, 0.29) is 0 Å². The molecule has 2 nitrogen and oxygen atoms in total. The molecule has 0 N–H and O–H groups in total. The molecule has 1 aliphatic carbocycles. The molecule has 0 saturated carbocycles. The van der Waals surface area contributed by atoms with Crippen LogP contribution in [0.25, 0.3) is 66.8 Å². The lowest BCUT2D eigenvalue weighted by Crippen LogP contribution is -2.32. The first-order chi connectivity index (χ1) is 34.2. The Kier molecular flexibility index (Phi) is 9.77. The lowest BCUT2D eigenvalue weighted by atomic mass is 9.66. The molecule has 1 spiro atoms. The summed E-state index contributed by atoms with van der Waals surface area (Å²) in [6.45, 7) is 0. The Hall–Kier alpha value is -8.98. The molecule has 0 atom stereocenters. The van der Waals surface area contributed by atoms with E-state index in [0.29, 0.717) is 0 Å². The van der Waals surface area contributed by atoms with Crippen molar-refractivity contribution >= 4 is 17.1 Å². The van der Waals surface area contributed by atoms with Crippen LogP contribution in [0.4, 0.5) is 17.1 Å². The zero-order valence-electron chi connectivity index (χ0n) is 37.8. The molecule has 0 amide bonds. The molecule has 324 valence electrons. The highest BCUT2D eigenvalue weighted by Crippen LogP contribution is 2.63. The van der Waals surface area contributed by atoms with Gasteiger partial charge in [-0.2, -0.15) is 0 Å². The third-order valence-electron chi connectivity index (χ3n) is 14.2. The van der Waals surface area contributed by atoms with Crippen molar-refractivity contribution in [3.05, 3.63) is 295 Å². The smallest absolute Gasteiger partial charge is 0.132 e. The third-order valence-corrected chi connectivity index (χ3v) is 14.2. The van der Waals surface area contributed by atoms with Crippen LogP contribution < -0.4 is 9.64 Å². The highest BCUT2D eigenvalue weighted by molar-refractivity contribution is 5.98. The van der Waals surface area contributed by atoms with Gasteiger partial charge in [0.2, 0.25) is 0 Å². The topological polar surface area (TPSA) is 12.5 Å². The first-order valence-electron chi connectivity index (χ1n) is 23.7. The fourth-order valence-corrected chi connectivity index (χ4v) is 11.2. The van der Waals surface area contributed by atoms with E-state index in [1.165, 1.54) is 61.2 Å². The van der Waals surface area contributed by atoms with Gasteiger partial charge in [-0.05, 0) is 121 Å². The van der Waals surface area contributed by atoms with Crippen LogP contribution in [0.3, 0.4) is 0 Å². The fraction of sp³-hybridized carbons (Fsp3) is 0.0149. The Balaban J connectivity index is 1.03. The molecule has 13 rings (SSSR count). The number of hydrogen-bond donors (Lipinski definition) is 0. The van der Waals surface area contributed by atoms with Gasteiger partial charge in [0.05, 0.1) is 11.1 Å². The maximum absolute atomic E-state index is 6.73. The van der Waals surface area contributed by atoms with Crippen LogP contribution >= 0.6 is 0 Å². The average molecular weight is 880 g/mol. The highest BCUT2D eigenvalue weighted by Gasteiger charge is 2.51. The molecular formula is C67H45NO. The summed E-state index contributed by atoms with van der Waals surface area (Å²) in [7, 11) is 0. The molecule has 1 heterocycles. The summed E-state index contributed by atoms with van der Waals surface area (Å²) in [5.74, 6) is 1.76. The molecule has 0 unspecified atom stereocenters. The zero-order valence-corrected chi connectivity index (χ0v) is 37.8. The molecule has 2 aliphatic rings. The van der Waals surface area contributed by atoms with Gasteiger partial charge < -0.3 is 9.64 Å². The van der Waals surface area contributed by atoms with Crippen molar-refractivity contribution < 1.29 is 4.74 Å². The van der Waals surface area contributed by atoms with Gasteiger partial charge in [-0.1, -0.05) is 224 Å². The summed E-state index contributed by atoms with van der Waals surface area (Å²) in [5, 5.41) is 0. The summed E-state index contributed by atoms with van der Waals surface area (Å²) >= 11 is 0. The van der Waals surface area contributed by atoms with E-state index in [1.807, 2.05) is 0 Å². The number of fused-ring (bicyclic) bond motifs is 9. The molecule has 0 bridgehead atoms. The van der Waals surface area contributed by atoms with Gasteiger partial charge in [0.25, 0.3) is 0 Å². The van der Waals surface area contributed by atoms with E-state index in [2.05, 4.69) is 278 Å². The predicted octanol–water partition coefficient (Wildman–Crippen LogP) is 18.0. The van der Waals surface area contributed by atoms with Crippen molar-refractivity contribution in [3.8, 4) is 78.3 Å². The first-order valence-corrected chi connectivity index (χ1v) is 23.7. The van der Waals surface area contributed by atoms with Crippen molar-refractivity contribution in [2.45, 2.75) is 5.41 Å². The zero-order chi connectivity index (χ0) is 45.7. The summed E-state index contributed by atoms with van der Waals surface area (Å²) < 4.78 is 6.73. The van der Waals surface area contributed by atoms with E-state index >= 15 is 0 Å². The summed E-state index contributed by atoms with van der Waals surface area (Å²) in [4.78, 5) is 2.47. The van der Waals surface area contributed by atoms with Gasteiger partial charge in [0.15, 0.2) is 0 Å². The van der Waals surface area contributed by atoms with E-state index in [0.717, 1.165) is 56.4 Å². The van der Waals surface area contributed by atoms with Crippen molar-refractivity contribution in [2.75, 3.05) is 4.90 Å². The van der Waals surface area contributed by atoms with Crippen molar-refractivity contribution in [2.24, 2.45) is 0 Å². The quantitative estimate of drug-likeness (QED) is 0.151. The molecule has 0 radical (unpaired) electrons. The first kappa shape index (κ1) is 40.3. The van der Waals surface area contributed by atoms with Crippen molar-refractivity contribution in [3.63, 3.8) is 0 Å². The molecule has 69 heavy (non-hydrogen) atoms. The minimum absolute atomic E-state index is 0.611. The van der Waals surface area contributed by atoms with Crippen LogP contribution in [0.5, 0.6) is 11.5 Å². The second kappa shape index (κ2) is 16.7. The SMILES string of the molecule is c1ccc(-c2cccc(-c3ccc(N(c4ccc5c(c4)C4(c6ccccc6Oc6ccccc64)c4ccccc4-5)c4ccccc4-c4ccccc4-c4ccccc4-c4ccccc4)cc3)c2)cc1. The van der Waals surface area contributed by atoms with E-state index < -0.39 is 5.41 Å². The fourth-order valence-electron chi connectivity index (χ4n) is 11.2. The number of ether oxygens (including phenoxy) is 1. The maximum atomic E-state index is 6.73. The van der Waals surface area contributed by atoms with Crippen LogP contribution in [-0.2, 0) is 5.41 Å². The molecule has 0 saturated heterocycles. The van der Waals surface area contributed by atoms with Gasteiger partial charge in [-0.3, -0.25) is 0 Å². The van der Waals surface area contributed by atoms with E-state index in [9.17, 15) is 0 Å². The molecule has 1 aliphatic heterocycles. The Bertz CT molecular complexity index is 3660. The third kappa shape index (κ3) is 6.64. The largest absolute Gasteiger partial charge is 0.457 e. The van der Waals surface area contributed by atoms with Crippen LogP contribution in [0.2, 0.25) is 0 Å². The minimum Gasteiger partial charge on any atom is -0.457 e. The molecular weight excluding hydrogens is 835 g/mol. The van der Waals surface area contributed by atoms with Gasteiger partial charge in [-0.25, -0.2) is 0 Å². The van der Waals surface area contributed by atoms with Crippen LogP contribution in [0.1, 0.15) is 22.3 Å². The number of para-hydroxylation sites is 3. The second-order valence-corrected chi connectivity index (χ2v) is 17.9. The Morgan fingerprint density at radius 1 is 0.246 bits per heavy atom. The normalized spacial score (nSPS) is 12.6. The van der Waals surface area contributed by atoms with Crippen LogP contribution in [0, 0.1) is 0 Å². The number of nitrogens with zero attached hydrogens (tertiary/aromatic N) is 1. The van der Waals surface area contributed by atoms with E-state index in [4.69, 9.17) is 4.74 Å². The van der Waals surface area contributed by atoms with E-state index in [1.54, 1.807) is 0 Å². The van der Waals surface area contributed by atoms with Crippen molar-refractivity contribution in [1.29, 1.82) is 0 Å². The monoisotopic (exact) mass is 879 g/mol. The standard InChI is InChI=1S/C67H45NO/c1-3-20-46(21-4-1)49-24-19-25-50(44-49)47-38-40-51(41-39-47)68(64-35-16-12-31-59(64)56-29-10-9-28-55(56)54-27-8-7-26-53(54)48-22-5-2-6-23-48)52-42-43-58-57-30-11-13-32-60(57)67(63(58)45-52)61-33-14-17-36-65(61)69-66-37-18-15-34-62(66)67/h1-45H. The number of hydrogen-bond acceptors (Lipinski definition) is 2. The highest BCUT2D eigenvalue weighted by atomic mass is 16.5. The lowest BCUT2D eigenvalue weighted by molar-refractivity contribution is 0.436. The van der Waals surface area contributed by atoms with Gasteiger partial charge in [0, 0.05) is 28.1 Å². The second-order valence-electron chi connectivity index (χ2n) is 17.9. The van der Waals surface area contributed by atoms with Gasteiger partial charge in [0.1, 0.15) is 11.5 Å². The maximum Gasteiger partial charge on any atom is 0.132 e. The van der Waals surface area contributed by atoms with Crippen molar-refractivity contribution in [1.82, 2.24) is 0 Å². The molecule has 11 aromatic rings. The molecule has 2 heteroatoms. The predicted molar refractivity (Wildman–Crippen MR) is 286 cm³/mol. The van der Waals surface area contributed by atoms with Crippen LogP contribution in [-0.4, -0.2) is 0 Å². The summed E-state index contributed by atoms with van der Waals surface area (Å²) in [5.41, 5.74) is 21.7. The summed E-state index contributed by atoms with van der Waals surface area (Å²) in [6, 6.07) is 99.1. The average Bonchev–Trinajstić information content (AvgIpc) is 3.71. The Labute approximate surface area is 403 Å². The lowest BCUT2D eigenvalue weighted by Gasteiger charge is -2.39. The van der Waals surface area contributed by atoms with Gasteiger partial charge in [-0.15, -0.1) is 0 Å². The number of anilines is 3. The molecule has 11 aromatic carbocycles.